The summed E-state index contributed by atoms with van der Waals surface area (Å²) in [5, 5.41) is 9.59. The molecular weight excluding hydrogens is 242 g/mol. The number of ether oxygens (including phenoxy) is 1. The van der Waals surface area contributed by atoms with Gasteiger partial charge in [-0.1, -0.05) is 0 Å². The molecule has 5 nitrogen and oxygen atoms in total. The van der Waals surface area contributed by atoms with Crippen molar-refractivity contribution in [3.8, 4) is 0 Å². The van der Waals surface area contributed by atoms with E-state index in [0.717, 1.165) is 44.7 Å². The van der Waals surface area contributed by atoms with Gasteiger partial charge in [-0.3, -0.25) is 0 Å². The molecular formula is C14H23N3O2. The van der Waals surface area contributed by atoms with Gasteiger partial charge in [-0.25, -0.2) is 4.79 Å². The molecule has 0 radical (unpaired) electrons. The number of amides is 2. The Morgan fingerprint density at radius 3 is 2.84 bits per heavy atom. The Morgan fingerprint density at radius 2 is 2.05 bits per heavy atom. The molecule has 0 aromatic heterocycles. The van der Waals surface area contributed by atoms with Crippen molar-refractivity contribution in [3.63, 3.8) is 0 Å². The fourth-order valence-electron chi connectivity index (χ4n) is 4.62. The zero-order chi connectivity index (χ0) is 12.9. The molecule has 0 aromatic carbocycles. The van der Waals surface area contributed by atoms with Crippen molar-refractivity contribution < 1.29 is 9.53 Å². The molecule has 19 heavy (non-hydrogen) atoms. The lowest BCUT2D eigenvalue weighted by Gasteiger charge is -2.35. The zero-order valence-corrected chi connectivity index (χ0v) is 11.3. The van der Waals surface area contributed by atoms with Gasteiger partial charge in [0.15, 0.2) is 0 Å². The van der Waals surface area contributed by atoms with Crippen LogP contribution in [0.4, 0.5) is 4.79 Å². The van der Waals surface area contributed by atoms with E-state index in [2.05, 4.69) is 16.0 Å². The van der Waals surface area contributed by atoms with Crippen LogP contribution in [0.2, 0.25) is 0 Å². The fourth-order valence-corrected chi connectivity index (χ4v) is 4.62. The predicted molar refractivity (Wildman–Crippen MR) is 70.6 cm³/mol. The molecule has 4 atom stereocenters. The van der Waals surface area contributed by atoms with Gasteiger partial charge < -0.3 is 20.7 Å². The summed E-state index contributed by atoms with van der Waals surface area (Å²) in [6.45, 7) is 2.00. The van der Waals surface area contributed by atoms with E-state index in [4.69, 9.17) is 4.74 Å². The summed E-state index contributed by atoms with van der Waals surface area (Å²) in [4.78, 5) is 12.2. The standard InChI is InChI=1S/C14H23N3O2/c18-13(16-11-1-3-15-4-2-11)17-14-8-9-5-10(14)7-12(6-9)19-14/h9-12,15H,1-8H2,(H2,16,17,18). The SMILES string of the molecule is O=C(NC1CCNCC1)NC12CC3CC(CC1C3)O2. The molecule has 3 aliphatic heterocycles. The van der Waals surface area contributed by atoms with E-state index in [-0.39, 0.29) is 11.8 Å². The minimum Gasteiger partial charge on any atom is -0.352 e. The van der Waals surface area contributed by atoms with Crippen molar-refractivity contribution in [2.75, 3.05) is 13.1 Å². The number of nitrogens with one attached hydrogen (secondary N) is 3. The number of rotatable bonds is 2. The number of carbonyl (C=O) groups is 1. The minimum atomic E-state index is -0.329. The lowest BCUT2D eigenvalue weighted by atomic mass is 9.88. The molecule has 5 aliphatic rings. The molecule has 2 saturated carbocycles. The van der Waals surface area contributed by atoms with E-state index >= 15 is 0 Å². The number of urea groups is 1. The van der Waals surface area contributed by atoms with Crippen LogP contribution in [0.3, 0.4) is 0 Å². The highest BCUT2D eigenvalue weighted by molar-refractivity contribution is 5.75. The largest absolute Gasteiger partial charge is 0.352 e. The van der Waals surface area contributed by atoms with Crippen LogP contribution in [0, 0.1) is 11.8 Å². The molecule has 3 heterocycles. The first-order valence-electron chi connectivity index (χ1n) is 7.71. The molecule has 5 fully saturated rings. The summed E-state index contributed by atoms with van der Waals surface area (Å²) in [5.74, 6) is 1.33. The average Bonchev–Trinajstić information content (AvgIpc) is 2.74. The summed E-state index contributed by atoms with van der Waals surface area (Å²) in [6.07, 6.45) is 7.06. The summed E-state index contributed by atoms with van der Waals surface area (Å²) in [7, 11) is 0. The van der Waals surface area contributed by atoms with E-state index in [9.17, 15) is 4.79 Å². The average molecular weight is 265 g/mol. The Labute approximate surface area is 113 Å². The molecule has 3 saturated heterocycles. The van der Waals surface area contributed by atoms with E-state index < -0.39 is 0 Å². The van der Waals surface area contributed by atoms with Crippen LogP contribution in [-0.4, -0.2) is 37.0 Å². The lowest BCUT2D eigenvalue weighted by molar-refractivity contribution is -0.0933. The molecule has 106 valence electrons. The lowest BCUT2D eigenvalue weighted by Crippen LogP contribution is -2.57. The second kappa shape index (κ2) is 4.35. The van der Waals surface area contributed by atoms with Crippen LogP contribution in [0.1, 0.15) is 38.5 Å². The van der Waals surface area contributed by atoms with E-state index in [1.165, 1.54) is 12.8 Å². The molecule has 5 rings (SSSR count). The van der Waals surface area contributed by atoms with Gasteiger partial charge in [0.1, 0.15) is 5.72 Å². The molecule has 3 N–H and O–H groups in total. The third-order valence-electron chi connectivity index (χ3n) is 5.39. The van der Waals surface area contributed by atoms with Crippen LogP contribution in [0.25, 0.3) is 0 Å². The zero-order valence-electron chi connectivity index (χ0n) is 11.3. The van der Waals surface area contributed by atoms with Gasteiger partial charge in [-0.05, 0) is 57.5 Å². The van der Waals surface area contributed by atoms with Crippen molar-refractivity contribution in [1.82, 2.24) is 16.0 Å². The third kappa shape index (κ3) is 2.03. The highest BCUT2D eigenvalue weighted by Crippen LogP contribution is 2.56. The van der Waals surface area contributed by atoms with Crippen LogP contribution in [0.15, 0.2) is 0 Å². The van der Waals surface area contributed by atoms with Gasteiger partial charge in [0.05, 0.1) is 6.10 Å². The Kier molecular flexibility index (Phi) is 2.74. The first-order valence-corrected chi connectivity index (χ1v) is 7.71. The van der Waals surface area contributed by atoms with Gasteiger partial charge >= 0.3 is 6.03 Å². The smallest absolute Gasteiger partial charge is 0.317 e. The maximum Gasteiger partial charge on any atom is 0.317 e. The highest BCUT2D eigenvalue weighted by Gasteiger charge is 2.60. The van der Waals surface area contributed by atoms with Crippen molar-refractivity contribution in [2.24, 2.45) is 11.8 Å². The first-order chi connectivity index (χ1) is 9.23. The van der Waals surface area contributed by atoms with Gasteiger partial charge in [-0.2, -0.15) is 0 Å². The summed E-state index contributed by atoms with van der Waals surface area (Å²) in [5.41, 5.74) is -0.329. The fraction of sp³-hybridized carbons (Fsp3) is 0.929. The second-order valence-corrected chi connectivity index (χ2v) is 6.73. The molecule has 4 unspecified atom stereocenters. The Morgan fingerprint density at radius 1 is 1.21 bits per heavy atom. The molecule has 4 bridgehead atoms. The maximum atomic E-state index is 12.2. The van der Waals surface area contributed by atoms with Crippen LogP contribution in [-0.2, 0) is 4.74 Å². The predicted octanol–water partition coefficient (Wildman–Crippen LogP) is 0.953. The van der Waals surface area contributed by atoms with Crippen LogP contribution in [0.5, 0.6) is 0 Å². The van der Waals surface area contributed by atoms with Gasteiger partial charge in [0.25, 0.3) is 0 Å². The van der Waals surface area contributed by atoms with Crippen molar-refractivity contribution in [2.45, 2.75) is 56.4 Å². The maximum absolute atomic E-state index is 12.2. The number of hydrogen-bond acceptors (Lipinski definition) is 3. The van der Waals surface area contributed by atoms with Crippen molar-refractivity contribution in [1.29, 1.82) is 0 Å². The van der Waals surface area contributed by atoms with Gasteiger partial charge in [0, 0.05) is 12.0 Å². The Hall–Kier alpha value is -0.810. The monoisotopic (exact) mass is 265 g/mol. The quantitative estimate of drug-likeness (QED) is 0.696. The van der Waals surface area contributed by atoms with Gasteiger partial charge in [0.2, 0.25) is 0 Å². The van der Waals surface area contributed by atoms with E-state index in [0.29, 0.717) is 18.1 Å². The van der Waals surface area contributed by atoms with Crippen LogP contribution >= 0.6 is 0 Å². The topological polar surface area (TPSA) is 62.4 Å². The normalized spacial score (nSPS) is 44.5. The molecule has 2 aliphatic carbocycles. The number of carbonyl (C=O) groups excluding carboxylic acids is 1. The minimum absolute atomic E-state index is 0.0277. The van der Waals surface area contributed by atoms with Crippen LogP contribution < -0.4 is 16.0 Å². The molecule has 5 heteroatoms. The van der Waals surface area contributed by atoms with E-state index in [1.54, 1.807) is 0 Å². The summed E-state index contributed by atoms with van der Waals surface area (Å²) in [6, 6.07) is 0.286. The second-order valence-electron chi connectivity index (χ2n) is 6.73. The third-order valence-corrected chi connectivity index (χ3v) is 5.39. The summed E-state index contributed by atoms with van der Waals surface area (Å²) < 4.78 is 6.11. The van der Waals surface area contributed by atoms with Crippen molar-refractivity contribution in [3.05, 3.63) is 0 Å². The van der Waals surface area contributed by atoms with Gasteiger partial charge in [-0.15, -0.1) is 0 Å². The highest BCUT2D eigenvalue weighted by atomic mass is 16.5. The first kappa shape index (κ1) is 12.0. The molecule has 0 spiro atoms. The summed E-state index contributed by atoms with van der Waals surface area (Å²) >= 11 is 0. The molecule has 0 aromatic rings. The van der Waals surface area contributed by atoms with Crippen molar-refractivity contribution >= 4 is 6.03 Å². The Bertz CT molecular complexity index is 367. The number of piperidine rings is 1. The number of hydrogen-bond donors (Lipinski definition) is 3. The van der Waals surface area contributed by atoms with E-state index in [1.807, 2.05) is 0 Å². The molecule has 2 amide bonds. The Balaban J connectivity index is 1.37.